The van der Waals surface area contributed by atoms with Gasteiger partial charge in [-0.3, -0.25) is 0 Å². The zero-order chi connectivity index (χ0) is 9.19. The summed E-state index contributed by atoms with van der Waals surface area (Å²) in [4.78, 5) is 2.66. The monoisotopic (exact) mass is 205 g/mol. The normalized spacial score (nSPS) is 11.5. The lowest BCUT2D eigenvalue weighted by atomic mass is 10.4. The van der Waals surface area contributed by atoms with E-state index in [2.05, 4.69) is 10.7 Å². The third kappa shape index (κ3) is 1.75. The molecule has 4 nitrogen and oxygen atoms in total. The Hall–Kier alpha value is -0.620. The molecule has 0 amide bonds. The van der Waals surface area contributed by atoms with E-state index in [1.54, 1.807) is 12.1 Å². The number of sulfonamides is 1. The lowest BCUT2D eigenvalue weighted by molar-refractivity contribution is 0.602. The van der Waals surface area contributed by atoms with Crippen molar-refractivity contribution in [2.45, 2.75) is 4.90 Å². The highest BCUT2D eigenvalue weighted by molar-refractivity contribution is 7.94. The summed E-state index contributed by atoms with van der Waals surface area (Å²) in [6, 6.07) is 5.97. The fourth-order valence-corrected chi connectivity index (χ4v) is 1.82. The molecule has 0 spiro atoms. The van der Waals surface area contributed by atoms with Crippen LogP contribution in [0.15, 0.2) is 29.2 Å². The molecule has 66 valence electrons. The first-order chi connectivity index (χ1) is 5.58. The smallest absolute Gasteiger partial charge is 0.112 e. The molecule has 0 aliphatic carbocycles. The van der Waals surface area contributed by atoms with Gasteiger partial charge in [0.1, 0.15) is 10.0 Å². The molecule has 1 rings (SSSR count). The van der Waals surface area contributed by atoms with Crippen LogP contribution in [-0.4, -0.2) is 8.42 Å². The van der Waals surface area contributed by atoms with Crippen molar-refractivity contribution in [2.24, 2.45) is 5.84 Å². The highest BCUT2D eigenvalue weighted by atomic mass is 35.5. The minimum absolute atomic E-state index is 0.0748. The first kappa shape index (κ1) is 9.47. The second-order valence-electron chi connectivity index (χ2n) is 2.01. The molecule has 0 saturated carbocycles. The molecular weight excluding hydrogens is 200 g/mol. The Morgan fingerprint density at radius 3 is 2.42 bits per heavy atom. The number of hydrogen-bond donors (Lipinski definition) is 1. The van der Waals surface area contributed by atoms with Crippen LogP contribution in [0.25, 0.3) is 4.83 Å². The molecule has 0 fully saturated rings. The lowest BCUT2D eigenvalue weighted by Crippen LogP contribution is -2.04. The molecule has 0 atom stereocenters. The van der Waals surface area contributed by atoms with E-state index in [4.69, 9.17) is 11.6 Å². The molecule has 1 aromatic rings. The number of hydrogen-bond acceptors (Lipinski definition) is 3. The molecule has 0 bridgehead atoms. The third-order valence-corrected chi connectivity index (χ3v) is 2.88. The first-order valence-corrected chi connectivity index (χ1v) is 4.81. The quantitative estimate of drug-likeness (QED) is 0.584. The Balaban J connectivity index is 3.30. The van der Waals surface area contributed by atoms with Crippen molar-refractivity contribution in [1.82, 2.24) is 0 Å². The van der Waals surface area contributed by atoms with E-state index in [0.29, 0.717) is 0 Å². The standard InChI is InChI=1S/C6H6ClN2O2S/c7-5-3-1-2-4-6(5)12(10,11)9-8/h1-4H,8H2/q-1. The Morgan fingerprint density at radius 1 is 1.33 bits per heavy atom. The van der Waals surface area contributed by atoms with Crippen LogP contribution in [0.4, 0.5) is 0 Å². The van der Waals surface area contributed by atoms with Crippen LogP contribution in [0.3, 0.4) is 0 Å². The van der Waals surface area contributed by atoms with Gasteiger partial charge in [-0.15, -0.1) is 0 Å². The van der Waals surface area contributed by atoms with Gasteiger partial charge in [-0.25, -0.2) is 8.42 Å². The topological polar surface area (TPSA) is 74.3 Å². The van der Waals surface area contributed by atoms with Gasteiger partial charge < -0.3 is 10.7 Å². The highest BCUT2D eigenvalue weighted by Gasteiger charge is 2.06. The Kier molecular flexibility index (Phi) is 2.69. The molecule has 0 aliphatic heterocycles. The number of halogens is 1. The van der Waals surface area contributed by atoms with Crippen molar-refractivity contribution in [1.29, 1.82) is 0 Å². The SMILES string of the molecule is N[N-]S(=O)(=O)c1ccccc1Cl. The van der Waals surface area contributed by atoms with Crippen molar-refractivity contribution in [3.05, 3.63) is 34.1 Å². The van der Waals surface area contributed by atoms with Crippen molar-refractivity contribution < 1.29 is 8.42 Å². The van der Waals surface area contributed by atoms with Crippen LogP contribution in [-0.2, 0) is 10.0 Å². The summed E-state index contributed by atoms with van der Waals surface area (Å²) in [7, 11) is -3.76. The van der Waals surface area contributed by atoms with Gasteiger partial charge in [0, 0.05) is 0 Å². The summed E-state index contributed by atoms with van der Waals surface area (Å²) in [5.74, 6) is 4.69. The maximum atomic E-state index is 11.0. The largest absolute Gasteiger partial charge is 0.483 e. The third-order valence-electron chi connectivity index (χ3n) is 1.25. The summed E-state index contributed by atoms with van der Waals surface area (Å²) in [5.41, 5.74) is 0. The van der Waals surface area contributed by atoms with E-state index in [1.807, 2.05) is 0 Å². The van der Waals surface area contributed by atoms with E-state index in [9.17, 15) is 8.42 Å². The maximum Gasteiger partial charge on any atom is 0.112 e. The average Bonchev–Trinajstić information content (AvgIpc) is 2.05. The van der Waals surface area contributed by atoms with Gasteiger partial charge in [-0.2, -0.15) is 0 Å². The zero-order valence-corrected chi connectivity index (χ0v) is 7.51. The molecule has 0 saturated heterocycles. The van der Waals surface area contributed by atoms with Crippen molar-refractivity contribution in [2.75, 3.05) is 0 Å². The molecule has 12 heavy (non-hydrogen) atoms. The minimum atomic E-state index is -3.76. The number of rotatable bonds is 2. The highest BCUT2D eigenvalue weighted by Crippen LogP contribution is 2.22. The molecule has 0 heterocycles. The molecule has 0 aromatic heterocycles. The first-order valence-electron chi connectivity index (χ1n) is 2.99. The summed E-state index contributed by atoms with van der Waals surface area (Å²) < 4.78 is 22.1. The van der Waals surface area contributed by atoms with Gasteiger partial charge in [0.05, 0.1) is 9.92 Å². The van der Waals surface area contributed by atoms with Crippen molar-refractivity contribution in [3.8, 4) is 0 Å². The molecule has 2 N–H and O–H groups in total. The average molecular weight is 206 g/mol. The number of nitrogens with zero attached hydrogens (tertiary/aromatic N) is 1. The van der Waals surface area contributed by atoms with Gasteiger partial charge in [0.2, 0.25) is 0 Å². The lowest BCUT2D eigenvalue weighted by Gasteiger charge is -2.14. The summed E-state index contributed by atoms with van der Waals surface area (Å²) in [6.07, 6.45) is 0. The summed E-state index contributed by atoms with van der Waals surface area (Å²) in [6.45, 7) is 0. The maximum absolute atomic E-state index is 11.0. The van der Waals surface area contributed by atoms with Crippen LogP contribution in [0.1, 0.15) is 0 Å². The summed E-state index contributed by atoms with van der Waals surface area (Å²) >= 11 is 5.59. The molecule has 0 aliphatic rings. The van der Waals surface area contributed by atoms with Gasteiger partial charge in [-0.05, 0) is 12.1 Å². The minimum Gasteiger partial charge on any atom is -0.483 e. The molecule has 0 radical (unpaired) electrons. The molecule has 1 aromatic carbocycles. The fraction of sp³-hybridized carbons (Fsp3) is 0. The number of nitrogens with two attached hydrogens (primary N) is 1. The predicted molar refractivity (Wildman–Crippen MR) is 46.2 cm³/mol. The zero-order valence-electron chi connectivity index (χ0n) is 5.94. The van der Waals surface area contributed by atoms with E-state index in [-0.39, 0.29) is 9.92 Å². The van der Waals surface area contributed by atoms with Crippen molar-refractivity contribution >= 4 is 21.6 Å². The van der Waals surface area contributed by atoms with E-state index in [0.717, 1.165) is 0 Å². The predicted octanol–water partition coefficient (Wildman–Crippen LogP) is 1.28. The van der Waals surface area contributed by atoms with Crippen LogP contribution < -0.4 is 5.84 Å². The van der Waals surface area contributed by atoms with Crippen LogP contribution in [0.2, 0.25) is 5.02 Å². The Bertz CT molecular complexity index is 377. The second kappa shape index (κ2) is 3.40. The van der Waals surface area contributed by atoms with E-state index in [1.165, 1.54) is 12.1 Å². The van der Waals surface area contributed by atoms with Crippen LogP contribution >= 0.6 is 11.6 Å². The van der Waals surface area contributed by atoms with Gasteiger partial charge in [0.25, 0.3) is 0 Å². The van der Waals surface area contributed by atoms with Crippen LogP contribution in [0.5, 0.6) is 0 Å². The van der Waals surface area contributed by atoms with Gasteiger partial charge in [0.15, 0.2) is 0 Å². The van der Waals surface area contributed by atoms with Gasteiger partial charge in [-0.1, -0.05) is 23.7 Å². The second-order valence-corrected chi connectivity index (χ2v) is 4.02. The van der Waals surface area contributed by atoms with Gasteiger partial charge >= 0.3 is 0 Å². The van der Waals surface area contributed by atoms with Crippen LogP contribution in [0, 0.1) is 0 Å². The molecule has 0 unspecified atom stereocenters. The fourth-order valence-electron chi connectivity index (χ4n) is 0.711. The summed E-state index contributed by atoms with van der Waals surface area (Å²) in [5, 5.41) is 0.117. The van der Waals surface area contributed by atoms with Crippen molar-refractivity contribution in [3.63, 3.8) is 0 Å². The Morgan fingerprint density at radius 2 is 1.92 bits per heavy atom. The molecular formula is C6H6ClN2O2S-. The molecule has 6 heteroatoms. The van der Waals surface area contributed by atoms with E-state index < -0.39 is 10.0 Å². The van der Waals surface area contributed by atoms with E-state index >= 15 is 0 Å². The Labute approximate surface area is 75.4 Å². The number of benzene rings is 1.